The highest BCUT2D eigenvalue weighted by Gasteiger charge is 2.26. The van der Waals surface area contributed by atoms with Crippen LogP contribution in [0.5, 0.6) is 11.5 Å². The van der Waals surface area contributed by atoms with Crippen LogP contribution in [-0.2, 0) is 11.3 Å². The quantitative estimate of drug-likeness (QED) is 0.589. The van der Waals surface area contributed by atoms with E-state index in [-0.39, 0.29) is 5.91 Å². The van der Waals surface area contributed by atoms with Crippen molar-refractivity contribution in [1.82, 2.24) is 10.2 Å². The molecule has 0 saturated carbocycles. The zero-order valence-corrected chi connectivity index (χ0v) is 21.2. The molecule has 8 heteroatoms. The number of halogens is 1. The van der Waals surface area contributed by atoms with Crippen LogP contribution in [0.1, 0.15) is 61.0 Å². The number of benzene rings is 2. The molecule has 0 aromatic heterocycles. The number of methoxy groups -OCH3 is 2. The van der Waals surface area contributed by atoms with Crippen molar-refractivity contribution < 1.29 is 23.8 Å². The van der Waals surface area contributed by atoms with Crippen LogP contribution in [0.15, 0.2) is 36.4 Å². The maximum absolute atomic E-state index is 13.1. The summed E-state index contributed by atoms with van der Waals surface area (Å²) >= 11 is 6.28. The average molecular weight is 489 g/mol. The monoisotopic (exact) mass is 488 g/mol. The summed E-state index contributed by atoms with van der Waals surface area (Å²) in [6, 6.07) is 11.5. The summed E-state index contributed by atoms with van der Waals surface area (Å²) in [5.74, 6) is 1.13. The maximum atomic E-state index is 13.1. The highest BCUT2D eigenvalue weighted by atomic mass is 35.5. The molecule has 1 aliphatic rings. The van der Waals surface area contributed by atoms with Gasteiger partial charge in [0.05, 0.1) is 19.2 Å². The average Bonchev–Trinajstić information content (AvgIpc) is 2.81. The second-order valence-corrected chi connectivity index (χ2v) is 9.77. The SMILES string of the molecule is COc1cc(C(=O)N2CCC(c3cccc(CNC(=O)OC(C)(C)C)c3)CC2)cc(Cl)c1OC. The first-order chi connectivity index (χ1) is 16.1. The third kappa shape index (κ3) is 6.56. The normalized spacial score (nSPS) is 14.5. The minimum Gasteiger partial charge on any atom is -0.493 e. The molecule has 1 saturated heterocycles. The molecule has 1 N–H and O–H groups in total. The van der Waals surface area contributed by atoms with E-state index in [9.17, 15) is 9.59 Å². The molecule has 0 atom stereocenters. The van der Waals surface area contributed by atoms with E-state index in [0.717, 1.165) is 18.4 Å². The molecule has 0 bridgehead atoms. The molecule has 1 fully saturated rings. The Morgan fingerprint density at radius 3 is 2.41 bits per heavy atom. The molecule has 2 amide bonds. The molecule has 0 spiro atoms. The van der Waals surface area contributed by atoms with Gasteiger partial charge in [-0.15, -0.1) is 0 Å². The van der Waals surface area contributed by atoms with E-state index < -0.39 is 11.7 Å². The van der Waals surface area contributed by atoms with Crippen LogP contribution in [-0.4, -0.2) is 49.8 Å². The lowest BCUT2D eigenvalue weighted by Crippen LogP contribution is -2.38. The van der Waals surface area contributed by atoms with Crippen LogP contribution in [0.25, 0.3) is 0 Å². The van der Waals surface area contributed by atoms with Gasteiger partial charge in [-0.25, -0.2) is 4.79 Å². The number of ether oxygens (including phenoxy) is 3. The second kappa shape index (κ2) is 11.0. The number of hydrogen-bond donors (Lipinski definition) is 1. The van der Waals surface area contributed by atoms with Gasteiger partial charge in [-0.1, -0.05) is 35.9 Å². The molecular weight excluding hydrogens is 456 g/mol. The molecule has 1 heterocycles. The Bertz CT molecular complexity index is 1030. The van der Waals surface area contributed by atoms with Gasteiger partial charge in [-0.3, -0.25) is 4.79 Å². The fourth-order valence-electron chi connectivity index (χ4n) is 4.09. The van der Waals surface area contributed by atoms with Gasteiger partial charge >= 0.3 is 6.09 Å². The predicted octanol–water partition coefficient (Wildman–Crippen LogP) is 5.40. The van der Waals surface area contributed by atoms with E-state index in [1.165, 1.54) is 19.8 Å². The van der Waals surface area contributed by atoms with Crippen LogP contribution in [0, 0.1) is 0 Å². The van der Waals surface area contributed by atoms with Crippen molar-refractivity contribution in [3.63, 3.8) is 0 Å². The van der Waals surface area contributed by atoms with Crippen LogP contribution >= 0.6 is 11.6 Å². The summed E-state index contributed by atoms with van der Waals surface area (Å²) in [6.45, 7) is 7.21. The number of amides is 2. The highest BCUT2D eigenvalue weighted by molar-refractivity contribution is 6.32. The number of alkyl carbamates (subject to hydrolysis) is 1. The van der Waals surface area contributed by atoms with E-state index in [1.54, 1.807) is 12.1 Å². The summed E-state index contributed by atoms with van der Waals surface area (Å²) in [7, 11) is 3.03. The number of nitrogens with one attached hydrogen (secondary N) is 1. The van der Waals surface area contributed by atoms with E-state index in [0.29, 0.717) is 47.6 Å². The van der Waals surface area contributed by atoms with Gasteiger partial charge in [0.25, 0.3) is 5.91 Å². The van der Waals surface area contributed by atoms with Crippen LogP contribution in [0.3, 0.4) is 0 Å². The molecule has 2 aromatic rings. The molecule has 0 aliphatic carbocycles. The summed E-state index contributed by atoms with van der Waals surface area (Å²) < 4.78 is 15.9. The van der Waals surface area contributed by atoms with Crippen molar-refractivity contribution in [2.75, 3.05) is 27.3 Å². The Morgan fingerprint density at radius 2 is 1.79 bits per heavy atom. The third-order valence-electron chi connectivity index (χ3n) is 5.72. The Labute approximate surface area is 206 Å². The number of carbonyl (C=O) groups is 2. The van der Waals surface area contributed by atoms with Gasteiger partial charge < -0.3 is 24.4 Å². The minimum atomic E-state index is -0.528. The van der Waals surface area contributed by atoms with Crippen LogP contribution < -0.4 is 14.8 Å². The van der Waals surface area contributed by atoms with Gasteiger partial charge in [-0.05, 0) is 62.8 Å². The molecule has 2 aromatic carbocycles. The fourth-order valence-corrected chi connectivity index (χ4v) is 4.37. The lowest BCUT2D eigenvalue weighted by Gasteiger charge is -2.32. The van der Waals surface area contributed by atoms with Crippen molar-refractivity contribution in [2.45, 2.75) is 51.7 Å². The van der Waals surface area contributed by atoms with E-state index in [2.05, 4.69) is 17.4 Å². The number of likely N-dealkylation sites (tertiary alicyclic amines) is 1. The molecule has 184 valence electrons. The largest absolute Gasteiger partial charge is 0.493 e. The first-order valence-corrected chi connectivity index (χ1v) is 11.8. The van der Waals surface area contributed by atoms with Crippen LogP contribution in [0.4, 0.5) is 4.79 Å². The van der Waals surface area contributed by atoms with Crippen molar-refractivity contribution in [3.05, 3.63) is 58.1 Å². The molecular formula is C26H33ClN2O5. The topological polar surface area (TPSA) is 77.1 Å². The number of nitrogens with zero attached hydrogens (tertiary/aromatic N) is 1. The Kier molecular flexibility index (Phi) is 8.31. The summed E-state index contributed by atoms with van der Waals surface area (Å²) in [4.78, 5) is 26.9. The summed E-state index contributed by atoms with van der Waals surface area (Å²) in [5, 5.41) is 3.15. The first kappa shape index (κ1) is 25.7. The van der Waals surface area contributed by atoms with Crippen molar-refractivity contribution >= 4 is 23.6 Å². The van der Waals surface area contributed by atoms with Gasteiger partial charge in [0.1, 0.15) is 5.60 Å². The Balaban J connectivity index is 1.60. The molecule has 0 radical (unpaired) electrons. The Morgan fingerprint density at radius 1 is 1.09 bits per heavy atom. The molecule has 0 unspecified atom stereocenters. The van der Waals surface area contributed by atoms with Crippen molar-refractivity contribution in [3.8, 4) is 11.5 Å². The van der Waals surface area contributed by atoms with Crippen molar-refractivity contribution in [2.24, 2.45) is 0 Å². The van der Waals surface area contributed by atoms with Gasteiger partial charge in [0.15, 0.2) is 11.5 Å². The number of carbonyl (C=O) groups excluding carboxylic acids is 2. The van der Waals surface area contributed by atoms with Gasteiger partial charge in [0.2, 0.25) is 0 Å². The standard InChI is InChI=1S/C26H33ClN2O5/c1-26(2,3)34-25(31)28-16-17-7-6-8-19(13-17)18-9-11-29(12-10-18)24(30)20-14-21(27)23(33-5)22(15-20)32-4/h6-8,13-15,18H,9-12,16H2,1-5H3,(H,28,31). The molecule has 1 aliphatic heterocycles. The molecule has 7 nitrogen and oxygen atoms in total. The Hall–Kier alpha value is -2.93. The summed E-state index contributed by atoms with van der Waals surface area (Å²) in [6.07, 6.45) is 1.28. The third-order valence-corrected chi connectivity index (χ3v) is 6.00. The lowest BCUT2D eigenvalue weighted by molar-refractivity contribution is 0.0523. The number of hydrogen-bond acceptors (Lipinski definition) is 5. The summed E-state index contributed by atoms with van der Waals surface area (Å²) in [5.41, 5.74) is 2.18. The fraction of sp³-hybridized carbons (Fsp3) is 0.462. The van der Waals surface area contributed by atoms with E-state index in [4.69, 9.17) is 25.8 Å². The maximum Gasteiger partial charge on any atom is 0.407 e. The van der Waals surface area contributed by atoms with E-state index >= 15 is 0 Å². The number of piperidine rings is 1. The molecule has 34 heavy (non-hydrogen) atoms. The second-order valence-electron chi connectivity index (χ2n) is 9.36. The number of rotatable bonds is 6. The van der Waals surface area contributed by atoms with E-state index in [1.807, 2.05) is 37.8 Å². The van der Waals surface area contributed by atoms with Crippen molar-refractivity contribution in [1.29, 1.82) is 0 Å². The zero-order valence-electron chi connectivity index (χ0n) is 20.4. The predicted molar refractivity (Wildman–Crippen MR) is 132 cm³/mol. The minimum absolute atomic E-state index is 0.0726. The van der Waals surface area contributed by atoms with Gasteiger partial charge in [-0.2, -0.15) is 0 Å². The smallest absolute Gasteiger partial charge is 0.407 e. The first-order valence-electron chi connectivity index (χ1n) is 11.4. The zero-order chi connectivity index (χ0) is 24.9. The van der Waals surface area contributed by atoms with Crippen LogP contribution in [0.2, 0.25) is 5.02 Å². The molecule has 3 rings (SSSR count). The lowest BCUT2D eigenvalue weighted by atomic mass is 9.88. The highest BCUT2D eigenvalue weighted by Crippen LogP contribution is 2.37. The van der Waals surface area contributed by atoms with Gasteiger partial charge in [0, 0.05) is 25.2 Å².